The number of rotatable bonds is 6. The molecule has 7 heteroatoms. The van der Waals surface area contributed by atoms with Crippen molar-refractivity contribution in [1.29, 1.82) is 0 Å². The van der Waals surface area contributed by atoms with Crippen LogP contribution in [-0.2, 0) is 14.3 Å². The molecule has 1 aromatic rings. The number of amides is 1. The van der Waals surface area contributed by atoms with Crippen LogP contribution in [0.2, 0.25) is 0 Å². The van der Waals surface area contributed by atoms with Crippen LogP contribution in [0.4, 0.5) is 10.1 Å². The van der Waals surface area contributed by atoms with Crippen LogP contribution in [0.1, 0.15) is 18.4 Å². The molecule has 6 nitrogen and oxygen atoms in total. The molecular weight excluding hydrogens is 315 g/mol. The molecule has 132 valence electrons. The Morgan fingerprint density at radius 2 is 2.17 bits per heavy atom. The first-order chi connectivity index (χ1) is 11.5. The number of ether oxygens (including phenoxy) is 2. The van der Waals surface area contributed by atoms with E-state index in [-0.39, 0.29) is 12.5 Å². The number of nitrogens with one attached hydrogen (secondary N) is 1. The molecule has 1 fully saturated rings. The molecule has 0 aromatic heterocycles. The van der Waals surface area contributed by atoms with Gasteiger partial charge in [-0.25, -0.2) is 9.18 Å². The van der Waals surface area contributed by atoms with Gasteiger partial charge >= 0.3 is 5.97 Å². The smallest absolute Gasteiger partial charge is 0.341 e. The molecule has 1 aromatic carbocycles. The number of likely N-dealkylation sites (tertiary alicyclic amines) is 1. The summed E-state index contributed by atoms with van der Waals surface area (Å²) in [5, 5.41) is 2.85. The number of carbonyl (C=O) groups excluding carboxylic acids is 2. The van der Waals surface area contributed by atoms with Crippen LogP contribution in [0.5, 0.6) is 5.75 Å². The average molecular weight is 338 g/mol. The van der Waals surface area contributed by atoms with Crippen molar-refractivity contribution in [3.8, 4) is 5.75 Å². The van der Waals surface area contributed by atoms with Crippen molar-refractivity contribution in [1.82, 2.24) is 4.90 Å². The number of halogens is 1. The lowest BCUT2D eigenvalue weighted by molar-refractivity contribution is -0.147. The molecule has 1 saturated heterocycles. The number of esters is 1. The van der Waals surface area contributed by atoms with Crippen LogP contribution >= 0.6 is 0 Å². The number of benzene rings is 1. The molecule has 1 amide bonds. The molecule has 0 spiro atoms. The summed E-state index contributed by atoms with van der Waals surface area (Å²) in [6.45, 7) is 2.34. The Balaban J connectivity index is 2.06. The largest absolute Gasteiger partial charge is 0.495 e. The summed E-state index contributed by atoms with van der Waals surface area (Å²) in [4.78, 5) is 25.5. The van der Waals surface area contributed by atoms with Crippen molar-refractivity contribution in [2.45, 2.75) is 32.0 Å². The van der Waals surface area contributed by atoms with E-state index >= 15 is 0 Å². The third kappa shape index (κ3) is 4.23. The first-order valence-electron chi connectivity index (χ1n) is 7.87. The first-order valence-corrected chi connectivity index (χ1v) is 7.87. The van der Waals surface area contributed by atoms with Gasteiger partial charge in [-0.15, -0.1) is 0 Å². The van der Waals surface area contributed by atoms with Crippen LogP contribution in [0.15, 0.2) is 18.2 Å². The zero-order valence-corrected chi connectivity index (χ0v) is 14.2. The van der Waals surface area contributed by atoms with Gasteiger partial charge in [-0.3, -0.25) is 9.69 Å². The molecule has 0 saturated carbocycles. The fourth-order valence-electron chi connectivity index (χ4n) is 2.89. The molecule has 2 rings (SSSR count). The van der Waals surface area contributed by atoms with E-state index in [1.807, 2.05) is 19.1 Å². The van der Waals surface area contributed by atoms with E-state index in [9.17, 15) is 14.0 Å². The fourth-order valence-corrected chi connectivity index (χ4v) is 2.89. The summed E-state index contributed by atoms with van der Waals surface area (Å²) >= 11 is 0. The number of methoxy groups -OCH3 is 2. The highest BCUT2D eigenvalue weighted by atomic mass is 19.1. The van der Waals surface area contributed by atoms with Crippen LogP contribution in [0.3, 0.4) is 0 Å². The number of aryl methyl sites for hydroxylation is 1. The van der Waals surface area contributed by atoms with Gasteiger partial charge in [-0.2, -0.15) is 0 Å². The summed E-state index contributed by atoms with van der Waals surface area (Å²) in [5.41, 5.74) is 1.57. The molecule has 0 unspecified atom stereocenters. The third-order valence-corrected chi connectivity index (χ3v) is 4.13. The van der Waals surface area contributed by atoms with Gasteiger partial charge < -0.3 is 14.8 Å². The molecule has 1 heterocycles. The van der Waals surface area contributed by atoms with E-state index in [0.29, 0.717) is 24.4 Å². The van der Waals surface area contributed by atoms with Gasteiger partial charge in [0.1, 0.15) is 5.75 Å². The van der Waals surface area contributed by atoms with Gasteiger partial charge in [-0.1, -0.05) is 6.07 Å². The second-order valence-corrected chi connectivity index (χ2v) is 5.84. The maximum Gasteiger partial charge on any atom is 0.341 e. The second-order valence-electron chi connectivity index (χ2n) is 5.84. The van der Waals surface area contributed by atoms with Crippen molar-refractivity contribution in [3.63, 3.8) is 0 Å². The second kappa shape index (κ2) is 8.10. The van der Waals surface area contributed by atoms with Crippen LogP contribution < -0.4 is 10.1 Å². The standard InChI is InChI=1S/C17H23FN2O4/c1-11-6-7-15(23-2)13(9-11)19-16(21)14-5-4-8-20(14)10-12(18)17(22)24-3/h6-7,9,12,14H,4-5,8,10H2,1-3H3,(H,19,21)/t12-,14-/m1/s1. The van der Waals surface area contributed by atoms with Gasteiger partial charge in [0, 0.05) is 6.54 Å². The van der Waals surface area contributed by atoms with Crippen LogP contribution in [0, 0.1) is 6.92 Å². The minimum atomic E-state index is -1.75. The van der Waals surface area contributed by atoms with Crippen LogP contribution in [-0.4, -0.2) is 56.3 Å². The van der Waals surface area contributed by atoms with E-state index in [2.05, 4.69) is 10.1 Å². The quantitative estimate of drug-likeness (QED) is 0.803. The highest BCUT2D eigenvalue weighted by Gasteiger charge is 2.34. The van der Waals surface area contributed by atoms with Crippen molar-refractivity contribution in [2.24, 2.45) is 0 Å². The SMILES string of the molecule is COC(=O)[C@H](F)CN1CCC[C@@H]1C(=O)Nc1cc(C)ccc1OC. The van der Waals surface area contributed by atoms with Crippen molar-refractivity contribution in [3.05, 3.63) is 23.8 Å². The molecule has 2 atom stereocenters. The zero-order valence-electron chi connectivity index (χ0n) is 14.2. The monoisotopic (exact) mass is 338 g/mol. The number of anilines is 1. The number of alkyl halides is 1. The highest BCUT2D eigenvalue weighted by molar-refractivity contribution is 5.96. The van der Waals surface area contributed by atoms with Crippen molar-refractivity contribution >= 4 is 17.6 Å². The Kier molecular flexibility index (Phi) is 6.14. The molecule has 24 heavy (non-hydrogen) atoms. The normalized spacial score (nSPS) is 18.9. The highest BCUT2D eigenvalue weighted by Crippen LogP contribution is 2.27. The Bertz CT molecular complexity index is 608. The van der Waals surface area contributed by atoms with Gasteiger partial charge in [0.2, 0.25) is 12.1 Å². The maximum absolute atomic E-state index is 13.8. The number of nitrogens with zero attached hydrogens (tertiary/aromatic N) is 1. The lowest BCUT2D eigenvalue weighted by Crippen LogP contribution is -2.44. The molecule has 1 aliphatic heterocycles. The molecule has 0 radical (unpaired) electrons. The summed E-state index contributed by atoms with van der Waals surface area (Å²) in [6, 6.07) is 5.02. The van der Waals surface area contributed by atoms with Gasteiger partial charge in [0.15, 0.2) is 0 Å². The molecule has 0 bridgehead atoms. The molecular formula is C17H23FN2O4. The zero-order chi connectivity index (χ0) is 17.7. The summed E-state index contributed by atoms with van der Waals surface area (Å²) in [7, 11) is 2.68. The lowest BCUT2D eigenvalue weighted by Gasteiger charge is -2.24. The molecule has 1 N–H and O–H groups in total. The lowest BCUT2D eigenvalue weighted by atomic mass is 10.1. The maximum atomic E-state index is 13.8. The Morgan fingerprint density at radius 1 is 1.42 bits per heavy atom. The van der Waals surface area contributed by atoms with Crippen molar-refractivity contribution < 1.29 is 23.5 Å². The van der Waals surface area contributed by atoms with Crippen molar-refractivity contribution in [2.75, 3.05) is 32.6 Å². The topological polar surface area (TPSA) is 67.9 Å². The number of carbonyl (C=O) groups is 2. The minimum Gasteiger partial charge on any atom is -0.495 e. The molecule has 1 aliphatic rings. The Hall–Kier alpha value is -2.15. The van der Waals surface area contributed by atoms with Gasteiger partial charge in [0.05, 0.1) is 25.9 Å². The van der Waals surface area contributed by atoms with E-state index in [1.165, 1.54) is 7.11 Å². The number of hydrogen-bond donors (Lipinski definition) is 1. The third-order valence-electron chi connectivity index (χ3n) is 4.13. The summed E-state index contributed by atoms with van der Waals surface area (Å²) in [6.07, 6.45) is -0.359. The van der Waals surface area contributed by atoms with E-state index in [4.69, 9.17) is 4.74 Å². The Morgan fingerprint density at radius 3 is 2.83 bits per heavy atom. The average Bonchev–Trinajstić information content (AvgIpc) is 3.02. The van der Waals surface area contributed by atoms with Gasteiger partial charge in [0.25, 0.3) is 0 Å². The van der Waals surface area contributed by atoms with E-state index < -0.39 is 18.2 Å². The summed E-state index contributed by atoms with van der Waals surface area (Å²) in [5.74, 6) is -0.577. The predicted molar refractivity (Wildman–Crippen MR) is 87.9 cm³/mol. The minimum absolute atomic E-state index is 0.143. The van der Waals surface area contributed by atoms with Crippen LogP contribution in [0.25, 0.3) is 0 Å². The molecule has 0 aliphatic carbocycles. The van der Waals surface area contributed by atoms with Gasteiger partial charge in [-0.05, 0) is 44.0 Å². The predicted octanol–water partition coefficient (Wildman–Crippen LogP) is 1.92. The van der Waals surface area contributed by atoms with E-state index in [0.717, 1.165) is 19.1 Å². The fraction of sp³-hybridized carbons (Fsp3) is 0.529. The number of hydrogen-bond acceptors (Lipinski definition) is 5. The van der Waals surface area contributed by atoms with E-state index in [1.54, 1.807) is 11.0 Å². The first kappa shape index (κ1) is 18.2. The Labute approximate surface area is 140 Å². The summed E-state index contributed by atoms with van der Waals surface area (Å²) < 4.78 is 23.5.